The Balaban J connectivity index is 2.21. The fraction of sp³-hybridized carbons (Fsp3) is 0.167. The summed E-state index contributed by atoms with van der Waals surface area (Å²) in [6.45, 7) is 0. The molecule has 0 aliphatic carbocycles. The first-order chi connectivity index (χ1) is 7.68. The minimum Gasteiger partial charge on any atom is -0.388 e. The van der Waals surface area contributed by atoms with E-state index >= 15 is 0 Å². The topological polar surface area (TPSA) is 20.2 Å². The van der Waals surface area contributed by atoms with Crippen LogP contribution in [0.2, 0.25) is 5.02 Å². The zero-order valence-electron chi connectivity index (χ0n) is 8.36. The average Bonchev–Trinajstić information content (AvgIpc) is 2.74. The zero-order chi connectivity index (χ0) is 11.5. The van der Waals surface area contributed by atoms with Crippen LogP contribution in [0.25, 0.3) is 0 Å². The van der Waals surface area contributed by atoms with Crippen molar-refractivity contribution in [3.8, 4) is 0 Å². The van der Waals surface area contributed by atoms with Crippen molar-refractivity contribution in [3.63, 3.8) is 0 Å². The normalized spacial score (nSPS) is 12.7. The van der Waals surface area contributed by atoms with Gasteiger partial charge in [-0.05, 0) is 17.5 Å². The number of hydrogen-bond donors (Lipinski definition) is 1. The second-order valence-electron chi connectivity index (χ2n) is 3.44. The first kappa shape index (κ1) is 11.6. The first-order valence-electron chi connectivity index (χ1n) is 4.83. The zero-order valence-corrected chi connectivity index (χ0v) is 9.93. The van der Waals surface area contributed by atoms with Crippen LogP contribution in [0.3, 0.4) is 0 Å². The molecule has 2 aromatic rings. The predicted octanol–water partition coefficient (Wildman–Crippen LogP) is 3.82. The van der Waals surface area contributed by atoms with Crippen LogP contribution < -0.4 is 0 Å². The summed E-state index contributed by atoms with van der Waals surface area (Å²) < 4.78 is 13.6. The van der Waals surface area contributed by atoms with E-state index in [1.165, 1.54) is 6.07 Å². The number of thiophene rings is 1. The molecule has 2 rings (SSSR count). The molecule has 0 amide bonds. The van der Waals surface area contributed by atoms with Gasteiger partial charge in [0.05, 0.1) is 11.1 Å². The average molecular weight is 257 g/mol. The Kier molecular flexibility index (Phi) is 3.59. The second kappa shape index (κ2) is 4.95. The van der Waals surface area contributed by atoms with Gasteiger partial charge in [0.2, 0.25) is 0 Å². The molecule has 1 nitrogen and oxygen atoms in total. The van der Waals surface area contributed by atoms with E-state index in [4.69, 9.17) is 11.6 Å². The molecule has 0 spiro atoms. The van der Waals surface area contributed by atoms with E-state index in [0.29, 0.717) is 6.42 Å². The molecule has 16 heavy (non-hydrogen) atoms. The molecule has 0 bridgehead atoms. The van der Waals surface area contributed by atoms with Gasteiger partial charge in [-0.15, -0.1) is 11.3 Å². The van der Waals surface area contributed by atoms with Crippen LogP contribution in [0.4, 0.5) is 4.39 Å². The lowest BCUT2D eigenvalue weighted by atomic mass is 10.1. The van der Waals surface area contributed by atoms with Crippen LogP contribution in [-0.4, -0.2) is 5.11 Å². The standard InChI is InChI=1S/C12H10ClFOS/c13-10-5-1-4-9(12(10)14)11(15)7-8-3-2-6-16-8/h1-6,11,15H,7H2. The summed E-state index contributed by atoms with van der Waals surface area (Å²) in [6.07, 6.45) is -0.438. The van der Waals surface area contributed by atoms with Crippen LogP contribution in [0.15, 0.2) is 35.7 Å². The molecule has 1 atom stereocenters. The Morgan fingerprint density at radius 1 is 1.31 bits per heavy atom. The quantitative estimate of drug-likeness (QED) is 0.885. The molecule has 0 aliphatic rings. The fourth-order valence-electron chi connectivity index (χ4n) is 1.51. The number of halogens is 2. The highest BCUT2D eigenvalue weighted by atomic mass is 35.5. The number of rotatable bonds is 3. The van der Waals surface area contributed by atoms with Gasteiger partial charge in [0.15, 0.2) is 0 Å². The molecule has 0 aliphatic heterocycles. The molecule has 1 aromatic heterocycles. The van der Waals surface area contributed by atoms with Crippen LogP contribution in [0.5, 0.6) is 0 Å². The molecular weight excluding hydrogens is 247 g/mol. The molecule has 0 saturated heterocycles. The van der Waals surface area contributed by atoms with Crippen molar-refractivity contribution in [3.05, 3.63) is 57.0 Å². The summed E-state index contributed by atoms with van der Waals surface area (Å²) in [5.74, 6) is -0.534. The van der Waals surface area contributed by atoms with Gasteiger partial charge in [0.25, 0.3) is 0 Å². The third-order valence-corrected chi connectivity index (χ3v) is 3.51. The van der Waals surface area contributed by atoms with Crippen LogP contribution in [0, 0.1) is 5.82 Å². The van der Waals surface area contributed by atoms with Gasteiger partial charge in [-0.1, -0.05) is 29.8 Å². The molecule has 84 valence electrons. The van der Waals surface area contributed by atoms with E-state index in [-0.39, 0.29) is 10.6 Å². The Morgan fingerprint density at radius 2 is 2.12 bits per heavy atom. The van der Waals surface area contributed by atoms with Crippen molar-refractivity contribution < 1.29 is 9.50 Å². The van der Waals surface area contributed by atoms with Gasteiger partial charge in [0.1, 0.15) is 5.82 Å². The summed E-state index contributed by atoms with van der Waals surface area (Å²) in [7, 11) is 0. The lowest BCUT2D eigenvalue weighted by Gasteiger charge is -2.11. The summed E-state index contributed by atoms with van der Waals surface area (Å²) in [5, 5.41) is 11.9. The molecular formula is C12H10ClFOS. The van der Waals surface area contributed by atoms with E-state index in [1.807, 2.05) is 17.5 Å². The summed E-state index contributed by atoms with van der Waals surface area (Å²) >= 11 is 7.20. The smallest absolute Gasteiger partial charge is 0.147 e. The van der Waals surface area contributed by atoms with Gasteiger partial charge >= 0.3 is 0 Å². The van der Waals surface area contributed by atoms with Gasteiger partial charge in [-0.25, -0.2) is 4.39 Å². The number of benzene rings is 1. The van der Waals surface area contributed by atoms with E-state index in [9.17, 15) is 9.50 Å². The lowest BCUT2D eigenvalue weighted by Crippen LogP contribution is -2.03. The van der Waals surface area contributed by atoms with Crippen molar-refractivity contribution in [2.24, 2.45) is 0 Å². The molecule has 1 unspecified atom stereocenters. The summed E-state index contributed by atoms with van der Waals surface area (Å²) in [4.78, 5) is 1.02. The summed E-state index contributed by atoms with van der Waals surface area (Å²) in [5.41, 5.74) is 0.251. The third-order valence-electron chi connectivity index (χ3n) is 2.32. The van der Waals surface area contributed by atoms with E-state index in [1.54, 1.807) is 23.5 Å². The number of hydrogen-bond acceptors (Lipinski definition) is 2. The highest BCUT2D eigenvalue weighted by Crippen LogP contribution is 2.26. The SMILES string of the molecule is OC(Cc1cccs1)c1cccc(Cl)c1F. The Labute approximate surface area is 102 Å². The summed E-state index contributed by atoms with van der Waals surface area (Å²) in [6, 6.07) is 8.48. The van der Waals surface area contributed by atoms with Crippen molar-refractivity contribution in [2.45, 2.75) is 12.5 Å². The number of aliphatic hydroxyl groups excluding tert-OH is 1. The molecule has 1 N–H and O–H groups in total. The third kappa shape index (κ3) is 2.43. The fourth-order valence-corrected chi connectivity index (χ4v) is 2.43. The van der Waals surface area contributed by atoms with Crippen molar-refractivity contribution in [2.75, 3.05) is 0 Å². The number of aliphatic hydroxyl groups is 1. The first-order valence-corrected chi connectivity index (χ1v) is 6.08. The Bertz CT molecular complexity index is 470. The van der Waals surface area contributed by atoms with Gasteiger partial charge < -0.3 is 5.11 Å². The maximum atomic E-state index is 13.6. The molecule has 4 heteroatoms. The maximum Gasteiger partial charge on any atom is 0.147 e. The minimum absolute atomic E-state index is 0.0442. The molecule has 0 fully saturated rings. The maximum absolute atomic E-state index is 13.6. The lowest BCUT2D eigenvalue weighted by molar-refractivity contribution is 0.174. The van der Waals surface area contributed by atoms with Crippen LogP contribution in [-0.2, 0) is 6.42 Å². The monoisotopic (exact) mass is 256 g/mol. The van der Waals surface area contributed by atoms with Crippen molar-refractivity contribution >= 4 is 22.9 Å². The van der Waals surface area contributed by atoms with Gasteiger partial charge in [-0.2, -0.15) is 0 Å². The second-order valence-corrected chi connectivity index (χ2v) is 4.88. The largest absolute Gasteiger partial charge is 0.388 e. The van der Waals surface area contributed by atoms with Crippen molar-refractivity contribution in [1.29, 1.82) is 0 Å². The molecule has 0 radical (unpaired) electrons. The van der Waals surface area contributed by atoms with Crippen molar-refractivity contribution in [1.82, 2.24) is 0 Å². The predicted molar refractivity (Wildman–Crippen MR) is 64.4 cm³/mol. The van der Waals surface area contributed by atoms with E-state index in [2.05, 4.69) is 0 Å². The van der Waals surface area contributed by atoms with E-state index < -0.39 is 11.9 Å². The minimum atomic E-state index is -0.850. The highest BCUT2D eigenvalue weighted by Gasteiger charge is 2.15. The van der Waals surface area contributed by atoms with Crippen LogP contribution >= 0.6 is 22.9 Å². The van der Waals surface area contributed by atoms with Crippen LogP contribution in [0.1, 0.15) is 16.5 Å². The van der Waals surface area contributed by atoms with Gasteiger partial charge in [0, 0.05) is 16.9 Å². The Hall–Kier alpha value is -0.900. The molecule has 0 saturated carbocycles. The van der Waals surface area contributed by atoms with E-state index in [0.717, 1.165) is 4.88 Å². The molecule has 1 heterocycles. The highest BCUT2D eigenvalue weighted by molar-refractivity contribution is 7.09. The molecule has 1 aromatic carbocycles. The Morgan fingerprint density at radius 3 is 2.81 bits per heavy atom. The van der Waals surface area contributed by atoms with Gasteiger partial charge in [-0.3, -0.25) is 0 Å².